The molecule has 0 aromatic heterocycles. The lowest BCUT2D eigenvalue weighted by atomic mass is 10.0. The fourth-order valence-electron chi connectivity index (χ4n) is 1.73. The predicted octanol–water partition coefficient (Wildman–Crippen LogP) is 2.97. The van der Waals surface area contributed by atoms with E-state index in [-0.39, 0.29) is 28.7 Å². The second-order valence-electron chi connectivity index (χ2n) is 7.98. The number of benzene rings is 1. The molecule has 0 amide bonds. The lowest BCUT2D eigenvalue weighted by molar-refractivity contribution is 0.199. The smallest absolute Gasteiger partial charge is 0.124 e. The van der Waals surface area contributed by atoms with Gasteiger partial charge < -0.3 is 9.84 Å². The van der Waals surface area contributed by atoms with Crippen LogP contribution in [-0.4, -0.2) is 36.2 Å². The lowest BCUT2D eigenvalue weighted by Crippen LogP contribution is -2.35. The molecule has 0 fully saturated rings. The zero-order valence-electron chi connectivity index (χ0n) is 17.6. The maximum Gasteiger partial charge on any atom is 0.124 e. The van der Waals surface area contributed by atoms with E-state index >= 15 is 0 Å². The summed E-state index contributed by atoms with van der Waals surface area (Å²) >= 11 is 0. The predicted molar refractivity (Wildman–Crippen MR) is 115 cm³/mol. The molecule has 0 unspecified atom stereocenters. The molecule has 0 aliphatic heterocycles. The highest BCUT2D eigenvalue weighted by atomic mass is 32.2. The molecule has 1 rings (SSSR count). The van der Waals surface area contributed by atoms with Gasteiger partial charge in [-0.05, 0) is 54.0 Å². The van der Waals surface area contributed by atoms with E-state index in [9.17, 15) is 8.42 Å². The molecule has 0 bridgehead atoms. The van der Waals surface area contributed by atoms with Crippen LogP contribution in [0.15, 0.2) is 24.3 Å². The highest BCUT2D eigenvalue weighted by Crippen LogP contribution is 2.28. The van der Waals surface area contributed by atoms with Crippen LogP contribution in [0.25, 0.3) is 0 Å². The number of nitrogens with two attached hydrogens (primary N) is 1. The van der Waals surface area contributed by atoms with Crippen LogP contribution < -0.4 is 14.6 Å². The van der Waals surface area contributed by atoms with Gasteiger partial charge in [0.2, 0.25) is 0 Å². The highest BCUT2D eigenvalue weighted by Gasteiger charge is 2.24. The van der Waals surface area contributed by atoms with E-state index in [1.807, 2.05) is 72.7 Å². The van der Waals surface area contributed by atoms with Gasteiger partial charge in [-0.15, -0.1) is 0 Å². The molecule has 0 radical (unpaired) electrons. The number of aliphatic hydroxyl groups excluding tert-OH is 1. The zero-order chi connectivity index (χ0) is 21.3. The van der Waals surface area contributed by atoms with Crippen LogP contribution in [0.1, 0.15) is 66.5 Å². The first-order valence-corrected chi connectivity index (χ1v) is 11.4. The molecule has 1 aromatic carbocycles. The van der Waals surface area contributed by atoms with Crippen LogP contribution in [0, 0.1) is 0 Å². The summed E-state index contributed by atoms with van der Waals surface area (Å²) in [6.45, 7) is 13.6. The monoisotopic (exact) mass is 420 g/mol. The van der Waals surface area contributed by atoms with Crippen molar-refractivity contribution in [2.24, 2.45) is 5.14 Å². The third kappa shape index (κ3) is 10.4. The molecule has 0 aliphatic carbocycles. The summed E-state index contributed by atoms with van der Waals surface area (Å²) in [5.41, 5.74) is 0.973. The number of para-hydroxylation sites is 1. The fraction of sp³-hybridized carbons (Fsp3) is 0.684. The average Bonchev–Trinajstić information content (AvgIpc) is 2.56. The first-order valence-electron chi connectivity index (χ1n) is 9.01. The third-order valence-electron chi connectivity index (χ3n) is 3.46. The summed E-state index contributed by atoms with van der Waals surface area (Å²) < 4.78 is 30.8. The molecule has 0 saturated heterocycles. The van der Waals surface area contributed by atoms with Gasteiger partial charge in [0.1, 0.15) is 12.4 Å². The number of hydrogen-bond donors (Lipinski definition) is 3. The minimum Gasteiger partial charge on any atom is -0.491 e. The number of hydrogen-bond acceptors (Lipinski definition) is 4. The molecule has 158 valence electrons. The van der Waals surface area contributed by atoms with Crippen LogP contribution in [0.5, 0.6) is 5.75 Å². The van der Waals surface area contributed by atoms with Gasteiger partial charge in [-0.3, -0.25) is 5.14 Å². The molecular formula is C19H36N2O4S2. The summed E-state index contributed by atoms with van der Waals surface area (Å²) in [6.07, 6.45) is 0.807. The Kier molecular flexibility index (Phi) is 11.6. The molecule has 8 heteroatoms. The molecule has 0 spiro atoms. The van der Waals surface area contributed by atoms with E-state index in [1.165, 1.54) is 0 Å². The lowest BCUT2D eigenvalue weighted by Gasteiger charge is -2.25. The Hall–Kier alpha value is -0.800. The molecule has 0 aliphatic rings. The number of rotatable bonds is 7. The van der Waals surface area contributed by atoms with Crippen molar-refractivity contribution in [1.29, 1.82) is 0 Å². The Morgan fingerprint density at radius 2 is 1.63 bits per heavy atom. The summed E-state index contributed by atoms with van der Waals surface area (Å²) in [5.74, 6) is 0.729. The molecule has 3 atom stereocenters. The zero-order valence-corrected chi connectivity index (χ0v) is 19.2. The molecule has 6 nitrogen and oxygen atoms in total. The Bertz CT molecular complexity index is 610. The largest absolute Gasteiger partial charge is 0.491 e. The van der Waals surface area contributed by atoms with Gasteiger partial charge in [0.25, 0.3) is 0 Å². The van der Waals surface area contributed by atoms with E-state index in [0.717, 1.165) is 17.7 Å². The van der Waals surface area contributed by atoms with Crippen LogP contribution in [-0.2, 0) is 22.0 Å². The van der Waals surface area contributed by atoms with Crippen LogP contribution in [0.3, 0.4) is 0 Å². The molecule has 1 aromatic rings. The van der Waals surface area contributed by atoms with Gasteiger partial charge >= 0.3 is 0 Å². The quantitative estimate of drug-likeness (QED) is 0.631. The first-order chi connectivity index (χ1) is 12.3. The van der Waals surface area contributed by atoms with Gasteiger partial charge in [-0.2, -0.15) is 0 Å². The second-order valence-corrected chi connectivity index (χ2v) is 11.8. The number of ether oxygens (including phenoxy) is 1. The molecule has 27 heavy (non-hydrogen) atoms. The van der Waals surface area contributed by atoms with Gasteiger partial charge in [0.05, 0.1) is 38.1 Å². The topological polar surface area (TPSA) is 102 Å². The molecule has 0 heterocycles. The van der Waals surface area contributed by atoms with Gasteiger partial charge in [0, 0.05) is 11.6 Å². The second kappa shape index (κ2) is 11.9. The van der Waals surface area contributed by atoms with Gasteiger partial charge in [0.15, 0.2) is 0 Å². The minimum absolute atomic E-state index is 0.0214. The van der Waals surface area contributed by atoms with Crippen molar-refractivity contribution in [3.8, 4) is 5.75 Å². The Morgan fingerprint density at radius 3 is 2.04 bits per heavy atom. The van der Waals surface area contributed by atoms with E-state index in [2.05, 4.69) is 4.72 Å². The molecule has 4 N–H and O–H groups in total. The van der Waals surface area contributed by atoms with Crippen LogP contribution in [0.4, 0.5) is 0 Å². The van der Waals surface area contributed by atoms with E-state index in [1.54, 1.807) is 0 Å². The summed E-state index contributed by atoms with van der Waals surface area (Å²) in [5, 5.41) is 13.9. The number of nitrogens with one attached hydrogen (secondary N) is 1. The fourth-order valence-corrected chi connectivity index (χ4v) is 2.63. The Balaban J connectivity index is 0.000000821. The van der Waals surface area contributed by atoms with Crippen LogP contribution >= 0.6 is 0 Å². The standard InChI is InChI=1S/C15H25NO3S.C4H11NOS/c1-5-13(16-20(18)15(2,3)4)12-8-6-7-9-14(12)19-11-10-17;1-4(2,3)7(5)6/h6-9,13,16-17H,5,10-11H2,1-4H3;5H2,1-3H3/t13-,20-;7-/m00/s1. The summed E-state index contributed by atoms with van der Waals surface area (Å²) in [6, 6.07) is 7.63. The Morgan fingerprint density at radius 1 is 1.11 bits per heavy atom. The van der Waals surface area contributed by atoms with Crippen molar-refractivity contribution in [3.05, 3.63) is 29.8 Å². The van der Waals surface area contributed by atoms with E-state index in [0.29, 0.717) is 0 Å². The van der Waals surface area contributed by atoms with Gasteiger partial charge in [-0.1, -0.05) is 25.1 Å². The van der Waals surface area contributed by atoms with Crippen molar-refractivity contribution >= 4 is 22.0 Å². The van der Waals surface area contributed by atoms with Crippen molar-refractivity contribution in [1.82, 2.24) is 4.72 Å². The maximum absolute atomic E-state index is 12.3. The first kappa shape index (κ1) is 26.2. The van der Waals surface area contributed by atoms with E-state index in [4.69, 9.17) is 15.0 Å². The molecule has 0 saturated carbocycles. The normalized spacial score (nSPS) is 15.3. The van der Waals surface area contributed by atoms with Crippen molar-refractivity contribution in [2.45, 2.75) is 70.4 Å². The molecular weight excluding hydrogens is 384 g/mol. The van der Waals surface area contributed by atoms with E-state index < -0.39 is 22.0 Å². The average molecular weight is 421 g/mol. The number of aliphatic hydroxyl groups is 1. The van der Waals surface area contributed by atoms with Crippen LogP contribution in [0.2, 0.25) is 0 Å². The minimum atomic E-state index is -1.18. The highest BCUT2D eigenvalue weighted by molar-refractivity contribution is 7.84. The maximum atomic E-state index is 12.3. The van der Waals surface area contributed by atoms with Crippen molar-refractivity contribution in [2.75, 3.05) is 13.2 Å². The summed E-state index contributed by atoms with van der Waals surface area (Å²) in [4.78, 5) is 0. The Labute approximate surface area is 169 Å². The third-order valence-corrected chi connectivity index (χ3v) is 6.28. The SMILES string of the molecule is CC(C)(C)[S@@](N)=O.CC[C@H](N[S@@](=O)C(C)(C)C)c1ccccc1OCCO. The summed E-state index contributed by atoms with van der Waals surface area (Å²) in [7, 11) is -2.32. The van der Waals surface area contributed by atoms with Crippen molar-refractivity contribution < 1.29 is 18.3 Å². The van der Waals surface area contributed by atoms with Gasteiger partial charge in [-0.25, -0.2) is 13.1 Å². The van der Waals surface area contributed by atoms with Crippen molar-refractivity contribution in [3.63, 3.8) is 0 Å².